The zero-order valence-corrected chi connectivity index (χ0v) is 18.9. The molecular formula is C25H20F3N3O5. The molecule has 0 saturated carbocycles. The molecule has 0 saturated heterocycles. The number of methoxy groups -OCH3 is 1. The number of halogens is 3. The smallest absolute Gasteiger partial charge is 0.416 e. The van der Waals surface area contributed by atoms with Crippen LogP contribution in [0.3, 0.4) is 0 Å². The molecule has 0 aliphatic carbocycles. The first-order chi connectivity index (χ1) is 17.2. The highest BCUT2D eigenvalue weighted by molar-refractivity contribution is 6.06. The molecule has 4 rings (SSSR count). The Morgan fingerprint density at radius 1 is 1.00 bits per heavy atom. The number of carbonyl (C=O) groups excluding carboxylic acids is 1. The molecule has 2 N–H and O–H groups in total. The number of carbonyl (C=O) groups is 1. The van der Waals surface area contributed by atoms with E-state index in [1.54, 1.807) is 30.3 Å². The molecule has 0 unspecified atom stereocenters. The third-order valence-corrected chi connectivity index (χ3v) is 5.27. The summed E-state index contributed by atoms with van der Waals surface area (Å²) in [6.07, 6.45) is -4.63. The number of H-pyrrole nitrogens is 1. The molecule has 0 fully saturated rings. The summed E-state index contributed by atoms with van der Waals surface area (Å²) in [4.78, 5) is 41.0. The second-order valence-electron chi connectivity index (χ2n) is 7.67. The Labute approximate surface area is 201 Å². The van der Waals surface area contributed by atoms with Gasteiger partial charge in [-0.15, -0.1) is 0 Å². The quantitative estimate of drug-likeness (QED) is 0.375. The van der Waals surface area contributed by atoms with Crippen molar-refractivity contribution in [2.45, 2.75) is 6.18 Å². The average Bonchev–Trinajstić information content (AvgIpc) is 2.84. The van der Waals surface area contributed by atoms with Crippen LogP contribution in [0.25, 0.3) is 16.6 Å². The standard InChI is InChI=1S/C25H20F3N3O5/c1-35-11-12-36-21-10-8-16(25(26,27)28)14-20(21)29-22(32)15-7-9-18-19(13-15)30-24(34)31(23(18)33)17-5-3-2-4-6-17/h2-10,13-14H,11-12H2,1H3,(H,29,32)(H,30,34). The summed E-state index contributed by atoms with van der Waals surface area (Å²) < 4.78 is 51.0. The number of hydrogen-bond acceptors (Lipinski definition) is 5. The minimum Gasteiger partial charge on any atom is -0.489 e. The van der Waals surface area contributed by atoms with Crippen molar-refractivity contribution in [1.82, 2.24) is 9.55 Å². The summed E-state index contributed by atoms with van der Waals surface area (Å²) in [7, 11) is 1.44. The zero-order chi connectivity index (χ0) is 25.9. The van der Waals surface area contributed by atoms with Crippen LogP contribution in [-0.2, 0) is 10.9 Å². The maximum absolute atomic E-state index is 13.2. The van der Waals surface area contributed by atoms with Crippen LogP contribution >= 0.6 is 0 Å². The number of amides is 1. The lowest BCUT2D eigenvalue weighted by Gasteiger charge is -2.15. The number of fused-ring (bicyclic) bond motifs is 1. The molecule has 11 heteroatoms. The van der Waals surface area contributed by atoms with E-state index in [9.17, 15) is 27.6 Å². The Hall–Kier alpha value is -4.38. The zero-order valence-electron chi connectivity index (χ0n) is 18.9. The Bertz CT molecular complexity index is 1530. The van der Waals surface area contributed by atoms with E-state index in [-0.39, 0.29) is 41.1 Å². The maximum atomic E-state index is 13.2. The van der Waals surface area contributed by atoms with Gasteiger partial charge in [0, 0.05) is 12.7 Å². The van der Waals surface area contributed by atoms with Crippen LogP contribution in [0.4, 0.5) is 18.9 Å². The normalized spacial score (nSPS) is 11.4. The Morgan fingerprint density at radius 3 is 2.44 bits per heavy atom. The molecule has 1 amide bonds. The van der Waals surface area contributed by atoms with Gasteiger partial charge in [0.2, 0.25) is 0 Å². The second kappa shape index (κ2) is 10.1. The molecule has 0 spiro atoms. The third kappa shape index (κ3) is 5.15. The number of nitrogens with zero attached hydrogens (tertiary/aromatic N) is 1. The largest absolute Gasteiger partial charge is 0.489 e. The van der Waals surface area contributed by atoms with Crippen LogP contribution in [0.1, 0.15) is 15.9 Å². The lowest BCUT2D eigenvalue weighted by atomic mass is 10.1. The van der Waals surface area contributed by atoms with Gasteiger partial charge < -0.3 is 19.8 Å². The lowest BCUT2D eigenvalue weighted by molar-refractivity contribution is -0.137. The number of rotatable bonds is 7. The summed E-state index contributed by atoms with van der Waals surface area (Å²) in [5.74, 6) is -0.741. The minimum atomic E-state index is -4.63. The lowest BCUT2D eigenvalue weighted by Crippen LogP contribution is -2.33. The van der Waals surface area contributed by atoms with Gasteiger partial charge in [0.05, 0.1) is 34.4 Å². The number of aromatic nitrogens is 2. The minimum absolute atomic E-state index is 0.00950. The van der Waals surface area contributed by atoms with E-state index in [2.05, 4.69) is 10.3 Å². The van der Waals surface area contributed by atoms with Gasteiger partial charge in [-0.2, -0.15) is 13.2 Å². The summed E-state index contributed by atoms with van der Waals surface area (Å²) in [6.45, 7) is 0.239. The van der Waals surface area contributed by atoms with Gasteiger partial charge in [-0.05, 0) is 48.5 Å². The van der Waals surface area contributed by atoms with Crippen LogP contribution in [0.15, 0.2) is 76.3 Å². The highest BCUT2D eigenvalue weighted by Gasteiger charge is 2.31. The number of alkyl halides is 3. The van der Waals surface area contributed by atoms with Crippen molar-refractivity contribution in [3.8, 4) is 11.4 Å². The van der Waals surface area contributed by atoms with Gasteiger partial charge >= 0.3 is 11.9 Å². The van der Waals surface area contributed by atoms with E-state index in [0.29, 0.717) is 5.69 Å². The number of anilines is 1. The molecule has 4 aromatic rings. The van der Waals surface area contributed by atoms with E-state index in [1.165, 1.54) is 25.3 Å². The summed E-state index contributed by atoms with van der Waals surface area (Å²) >= 11 is 0. The summed E-state index contributed by atoms with van der Waals surface area (Å²) in [6, 6.07) is 15.0. The highest BCUT2D eigenvalue weighted by Crippen LogP contribution is 2.35. The summed E-state index contributed by atoms with van der Waals surface area (Å²) in [5, 5.41) is 2.57. The van der Waals surface area contributed by atoms with Crippen LogP contribution < -0.4 is 21.3 Å². The SMILES string of the molecule is COCCOc1ccc(C(F)(F)F)cc1NC(=O)c1ccc2c(=O)n(-c3ccccc3)c(=O)[nH]c2c1. The number of hydrogen-bond donors (Lipinski definition) is 2. The first-order valence-electron chi connectivity index (χ1n) is 10.7. The van der Waals surface area contributed by atoms with E-state index in [0.717, 1.165) is 22.8 Å². The van der Waals surface area contributed by atoms with Crippen molar-refractivity contribution in [3.63, 3.8) is 0 Å². The monoisotopic (exact) mass is 499 g/mol. The fourth-order valence-electron chi connectivity index (χ4n) is 3.53. The van der Waals surface area contributed by atoms with E-state index >= 15 is 0 Å². The van der Waals surface area contributed by atoms with Crippen LogP contribution in [0.2, 0.25) is 0 Å². The molecule has 3 aromatic carbocycles. The maximum Gasteiger partial charge on any atom is 0.416 e. The fourth-order valence-corrected chi connectivity index (χ4v) is 3.53. The van der Waals surface area contributed by atoms with Crippen LogP contribution in [0.5, 0.6) is 5.75 Å². The predicted octanol–water partition coefficient (Wildman–Crippen LogP) is 3.98. The topological polar surface area (TPSA) is 102 Å². The van der Waals surface area contributed by atoms with Gasteiger partial charge in [0.15, 0.2) is 0 Å². The van der Waals surface area contributed by atoms with Crippen molar-refractivity contribution in [2.24, 2.45) is 0 Å². The number of para-hydroxylation sites is 1. The van der Waals surface area contributed by atoms with Crippen molar-refractivity contribution in [1.29, 1.82) is 0 Å². The van der Waals surface area contributed by atoms with Crippen LogP contribution in [0, 0.1) is 0 Å². The first-order valence-corrected chi connectivity index (χ1v) is 10.7. The number of ether oxygens (including phenoxy) is 2. The van der Waals surface area contributed by atoms with Gasteiger partial charge in [0.25, 0.3) is 11.5 Å². The Balaban J connectivity index is 1.69. The molecule has 0 atom stereocenters. The average molecular weight is 499 g/mol. The summed E-state index contributed by atoms with van der Waals surface area (Å²) in [5.41, 5.74) is -1.97. The first kappa shape index (κ1) is 24.7. The Kier molecular flexibility index (Phi) is 6.93. The molecule has 0 aliphatic rings. The molecule has 1 aromatic heterocycles. The predicted molar refractivity (Wildman–Crippen MR) is 127 cm³/mol. The number of nitrogens with one attached hydrogen (secondary N) is 2. The van der Waals surface area contributed by atoms with Crippen molar-refractivity contribution in [3.05, 3.63) is 98.7 Å². The molecule has 186 valence electrons. The molecule has 8 nitrogen and oxygen atoms in total. The Morgan fingerprint density at radius 2 is 1.75 bits per heavy atom. The third-order valence-electron chi connectivity index (χ3n) is 5.27. The van der Waals surface area contributed by atoms with Gasteiger partial charge in [-0.25, -0.2) is 9.36 Å². The molecule has 0 bridgehead atoms. The number of aromatic amines is 1. The number of benzene rings is 3. The highest BCUT2D eigenvalue weighted by atomic mass is 19.4. The van der Waals surface area contributed by atoms with Crippen molar-refractivity contribution in [2.75, 3.05) is 25.6 Å². The van der Waals surface area contributed by atoms with Gasteiger partial charge in [0.1, 0.15) is 12.4 Å². The second-order valence-corrected chi connectivity index (χ2v) is 7.67. The van der Waals surface area contributed by atoms with E-state index in [1.807, 2.05) is 0 Å². The molecule has 0 aliphatic heterocycles. The van der Waals surface area contributed by atoms with Gasteiger partial charge in [-0.1, -0.05) is 18.2 Å². The van der Waals surface area contributed by atoms with Crippen molar-refractivity contribution < 1.29 is 27.4 Å². The fraction of sp³-hybridized carbons (Fsp3) is 0.160. The molecule has 36 heavy (non-hydrogen) atoms. The van der Waals surface area contributed by atoms with Crippen LogP contribution in [-0.4, -0.2) is 35.8 Å². The van der Waals surface area contributed by atoms with Gasteiger partial charge in [-0.3, -0.25) is 9.59 Å². The van der Waals surface area contributed by atoms with Crippen molar-refractivity contribution >= 4 is 22.5 Å². The van der Waals surface area contributed by atoms with E-state index in [4.69, 9.17) is 9.47 Å². The molecule has 1 heterocycles. The molecular weight excluding hydrogens is 479 g/mol. The van der Waals surface area contributed by atoms with E-state index < -0.39 is 28.9 Å². The molecule has 0 radical (unpaired) electrons.